The van der Waals surface area contributed by atoms with E-state index in [0.717, 1.165) is 48.0 Å². The summed E-state index contributed by atoms with van der Waals surface area (Å²) in [6.07, 6.45) is 31.2. The second-order valence-corrected chi connectivity index (χ2v) is 17.4. The first kappa shape index (κ1) is 45.7. The van der Waals surface area contributed by atoms with Crippen molar-refractivity contribution in [1.82, 2.24) is 0 Å². The standard InChI is InChI=1S/C50H78O6/c1-5-7-9-11-13-17-41-21-25-43(26-22-41)19-15-37-53-47-33-29-45(30-34-47)49(51)55-39(3)40(4)56-50(52)46-31-35-48(36-32-46)54-38-16-20-44-27-23-42(24-28-44)18-14-12-10-8-6-2/h29-36,39-44H,5-28,37-38H2,1-4H3. The van der Waals surface area contributed by atoms with Crippen LogP contribution in [0.2, 0.25) is 0 Å². The molecule has 0 saturated heterocycles. The molecule has 0 heterocycles. The molecular formula is C50H78O6. The Morgan fingerprint density at radius 1 is 0.464 bits per heavy atom. The number of carbonyl (C=O) groups is 2. The maximum Gasteiger partial charge on any atom is 0.338 e. The van der Waals surface area contributed by atoms with Crippen LogP contribution < -0.4 is 9.47 Å². The molecular weight excluding hydrogens is 697 g/mol. The monoisotopic (exact) mass is 775 g/mol. The lowest BCUT2D eigenvalue weighted by atomic mass is 9.78. The summed E-state index contributed by atoms with van der Waals surface area (Å²) in [4.78, 5) is 25.8. The maximum atomic E-state index is 12.9. The number of hydrogen-bond donors (Lipinski definition) is 0. The van der Waals surface area contributed by atoms with Gasteiger partial charge < -0.3 is 18.9 Å². The highest BCUT2D eigenvalue weighted by atomic mass is 16.6. The molecule has 0 spiro atoms. The van der Waals surface area contributed by atoms with Crippen LogP contribution in [0.25, 0.3) is 0 Å². The molecule has 2 unspecified atom stereocenters. The van der Waals surface area contributed by atoms with Gasteiger partial charge in [-0.25, -0.2) is 9.59 Å². The van der Waals surface area contributed by atoms with Crippen LogP contribution in [0, 0.1) is 23.7 Å². The average molecular weight is 775 g/mol. The third-order valence-corrected chi connectivity index (χ3v) is 12.8. The Labute approximate surface area is 341 Å². The molecule has 2 atom stereocenters. The highest BCUT2D eigenvalue weighted by molar-refractivity contribution is 5.90. The summed E-state index contributed by atoms with van der Waals surface area (Å²) in [6.45, 7) is 9.43. The van der Waals surface area contributed by atoms with Gasteiger partial charge in [0.05, 0.1) is 24.3 Å². The number of carbonyl (C=O) groups excluding carboxylic acids is 2. The van der Waals surface area contributed by atoms with Crippen molar-refractivity contribution >= 4 is 11.9 Å². The summed E-state index contributed by atoms with van der Waals surface area (Å²) in [6, 6.07) is 14.2. The summed E-state index contributed by atoms with van der Waals surface area (Å²) in [5.41, 5.74) is 0.882. The molecule has 2 aliphatic carbocycles. The van der Waals surface area contributed by atoms with E-state index in [9.17, 15) is 9.59 Å². The second-order valence-electron chi connectivity index (χ2n) is 17.4. The van der Waals surface area contributed by atoms with Crippen LogP contribution >= 0.6 is 0 Å². The van der Waals surface area contributed by atoms with Crippen molar-refractivity contribution in [1.29, 1.82) is 0 Å². The number of benzene rings is 2. The zero-order valence-electron chi connectivity index (χ0n) is 35.9. The molecule has 2 fully saturated rings. The fourth-order valence-corrected chi connectivity index (χ4v) is 8.85. The van der Waals surface area contributed by atoms with Gasteiger partial charge in [0.2, 0.25) is 0 Å². The molecule has 2 saturated carbocycles. The van der Waals surface area contributed by atoms with E-state index in [1.54, 1.807) is 38.1 Å². The van der Waals surface area contributed by atoms with Gasteiger partial charge in [-0.05, 0) is 112 Å². The van der Waals surface area contributed by atoms with Gasteiger partial charge in [0, 0.05) is 0 Å². The van der Waals surface area contributed by atoms with E-state index in [1.807, 2.05) is 24.3 Å². The van der Waals surface area contributed by atoms with Gasteiger partial charge in [0.25, 0.3) is 0 Å². The predicted octanol–water partition coefficient (Wildman–Crippen LogP) is 14.1. The van der Waals surface area contributed by atoms with Gasteiger partial charge in [-0.1, -0.05) is 142 Å². The van der Waals surface area contributed by atoms with Gasteiger partial charge in [-0.2, -0.15) is 0 Å². The Morgan fingerprint density at radius 2 is 0.768 bits per heavy atom. The van der Waals surface area contributed by atoms with Crippen LogP contribution in [-0.4, -0.2) is 37.4 Å². The minimum atomic E-state index is -0.614. The van der Waals surface area contributed by atoms with E-state index < -0.39 is 24.1 Å². The zero-order valence-corrected chi connectivity index (χ0v) is 35.9. The molecule has 2 aromatic rings. The van der Waals surface area contributed by atoms with E-state index in [1.165, 1.54) is 141 Å². The summed E-state index contributed by atoms with van der Waals surface area (Å²) < 4.78 is 23.3. The van der Waals surface area contributed by atoms with Crippen LogP contribution in [0.3, 0.4) is 0 Å². The van der Waals surface area contributed by atoms with Crippen molar-refractivity contribution in [2.45, 2.75) is 194 Å². The Balaban J connectivity index is 1.04. The summed E-state index contributed by atoms with van der Waals surface area (Å²) >= 11 is 0. The van der Waals surface area contributed by atoms with E-state index in [-0.39, 0.29) is 0 Å². The molecule has 0 radical (unpaired) electrons. The highest BCUT2D eigenvalue weighted by Gasteiger charge is 2.24. The predicted molar refractivity (Wildman–Crippen MR) is 230 cm³/mol. The molecule has 0 aromatic heterocycles. The summed E-state index contributed by atoms with van der Waals surface area (Å²) in [7, 11) is 0. The second kappa shape index (κ2) is 26.8. The van der Waals surface area contributed by atoms with Crippen molar-refractivity contribution < 1.29 is 28.5 Å². The Morgan fingerprint density at radius 3 is 1.09 bits per heavy atom. The molecule has 56 heavy (non-hydrogen) atoms. The molecule has 6 nitrogen and oxygen atoms in total. The van der Waals surface area contributed by atoms with Crippen molar-refractivity contribution in [2.75, 3.05) is 13.2 Å². The first-order valence-corrected chi connectivity index (χ1v) is 23.2. The number of unbranched alkanes of at least 4 members (excludes halogenated alkanes) is 8. The molecule has 0 bridgehead atoms. The average Bonchev–Trinajstić information content (AvgIpc) is 3.22. The topological polar surface area (TPSA) is 71.1 Å². The molecule has 314 valence electrons. The molecule has 6 heteroatoms. The van der Waals surface area contributed by atoms with Crippen LogP contribution in [0.4, 0.5) is 0 Å². The highest BCUT2D eigenvalue weighted by Crippen LogP contribution is 2.35. The normalized spacial score (nSPS) is 20.9. The zero-order chi connectivity index (χ0) is 39.8. The van der Waals surface area contributed by atoms with Gasteiger partial charge in [0.1, 0.15) is 23.7 Å². The van der Waals surface area contributed by atoms with Crippen molar-refractivity contribution in [3.8, 4) is 11.5 Å². The molecule has 0 amide bonds. The summed E-state index contributed by atoms with van der Waals surface area (Å²) in [5, 5.41) is 0. The van der Waals surface area contributed by atoms with Crippen LogP contribution in [0.15, 0.2) is 48.5 Å². The lowest BCUT2D eigenvalue weighted by Gasteiger charge is -2.28. The van der Waals surface area contributed by atoms with Crippen LogP contribution in [0.5, 0.6) is 11.5 Å². The van der Waals surface area contributed by atoms with Crippen molar-refractivity contribution in [2.24, 2.45) is 23.7 Å². The van der Waals surface area contributed by atoms with E-state index in [4.69, 9.17) is 18.9 Å². The van der Waals surface area contributed by atoms with Crippen molar-refractivity contribution in [3.63, 3.8) is 0 Å². The molecule has 0 N–H and O–H groups in total. The molecule has 2 aromatic carbocycles. The molecule has 4 rings (SSSR count). The first-order valence-electron chi connectivity index (χ1n) is 23.2. The lowest BCUT2D eigenvalue weighted by molar-refractivity contribution is -0.0239. The minimum Gasteiger partial charge on any atom is -0.494 e. The molecule has 0 aliphatic heterocycles. The van der Waals surface area contributed by atoms with E-state index in [0.29, 0.717) is 24.3 Å². The van der Waals surface area contributed by atoms with Gasteiger partial charge in [-0.15, -0.1) is 0 Å². The first-order chi connectivity index (χ1) is 27.3. The number of hydrogen-bond acceptors (Lipinski definition) is 6. The molecule has 2 aliphatic rings. The van der Waals surface area contributed by atoms with Crippen molar-refractivity contribution in [3.05, 3.63) is 59.7 Å². The lowest BCUT2D eigenvalue weighted by Crippen LogP contribution is -2.30. The Kier molecular flexibility index (Phi) is 21.9. The third kappa shape index (κ3) is 17.6. The summed E-state index contributed by atoms with van der Waals surface area (Å²) in [5.74, 6) is 4.19. The van der Waals surface area contributed by atoms with Gasteiger partial charge in [0.15, 0.2) is 0 Å². The largest absolute Gasteiger partial charge is 0.494 e. The smallest absolute Gasteiger partial charge is 0.338 e. The quantitative estimate of drug-likeness (QED) is 0.0665. The Hall–Kier alpha value is -3.02. The minimum absolute atomic E-state index is 0.441. The Bertz CT molecular complexity index is 1220. The van der Waals surface area contributed by atoms with E-state index >= 15 is 0 Å². The fourth-order valence-electron chi connectivity index (χ4n) is 8.85. The number of esters is 2. The number of rotatable bonds is 27. The maximum absolute atomic E-state index is 12.9. The fraction of sp³-hybridized carbons (Fsp3) is 0.720. The number of ether oxygens (including phenoxy) is 4. The van der Waals surface area contributed by atoms with Gasteiger partial charge in [-0.3, -0.25) is 0 Å². The SMILES string of the molecule is CCCCCCCC1CCC(CCCOc2ccc(C(=O)OC(C)C(C)OC(=O)c3ccc(OCCCC4CCC(CCCCCCC)CC4)cc3)cc2)CC1. The van der Waals surface area contributed by atoms with Gasteiger partial charge >= 0.3 is 11.9 Å². The van der Waals surface area contributed by atoms with E-state index in [2.05, 4.69) is 13.8 Å². The third-order valence-electron chi connectivity index (χ3n) is 12.8. The van der Waals surface area contributed by atoms with Crippen LogP contribution in [0.1, 0.15) is 203 Å². The van der Waals surface area contributed by atoms with Crippen LogP contribution in [-0.2, 0) is 9.47 Å².